The SMILES string of the molecule is CC(C)n1ncc2cc(C(=O)N3CCN(C/C=C/c4ccccc4)CC3)cnc21. The number of rotatable bonds is 5. The van der Waals surface area contributed by atoms with Crippen LogP contribution >= 0.6 is 0 Å². The minimum Gasteiger partial charge on any atom is -0.336 e. The molecule has 6 heteroatoms. The highest BCUT2D eigenvalue weighted by atomic mass is 16.2. The van der Waals surface area contributed by atoms with Crippen molar-refractivity contribution >= 4 is 23.0 Å². The second-order valence-electron chi connectivity index (χ2n) is 7.73. The Morgan fingerprint density at radius 2 is 1.86 bits per heavy atom. The number of fused-ring (bicyclic) bond motifs is 1. The van der Waals surface area contributed by atoms with E-state index in [-0.39, 0.29) is 11.9 Å². The Bertz CT molecular complexity index is 1000. The number of aromatic nitrogens is 3. The Morgan fingerprint density at radius 1 is 1.10 bits per heavy atom. The van der Waals surface area contributed by atoms with Crippen LogP contribution in [0.4, 0.5) is 0 Å². The van der Waals surface area contributed by atoms with E-state index in [9.17, 15) is 4.79 Å². The molecule has 0 saturated carbocycles. The van der Waals surface area contributed by atoms with Gasteiger partial charge < -0.3 is 4.90 Å². The Labute approximate surface area is 171 Å². The van der Waals surface area contributed by atoms with Crippen LogP contribution in [-0.4, -0.2) is 63.2 Å². The molecular weight excluding hydrogens is 362 g/mol. The Morgan fingerprint density at radius 3 is 2.59 bits per heavy atom. The van der Waals surface area contributed by atoms with Crippen molar-refractivity contribution in [2.75, 3.05) is 32.7 Å². The van der Waals surface area contributed by atoms with Crippen molar-refractivity contribution in [2.24, 2.45) is 0 Å². The number of carbonyl (C=O) groups is 1. The van der Waals surface area contributed by atoms with Crippen molar-refractivity contribution in [3.05, 3.63) is 66.0 Å². The molecule has 1 aliphatic heterocycles. The first-order chi connectivity index (χ1) is 14.1. The van der Waals surface area contributed by atoms with Gasteiger partial charge in [0.2, 0.25) is 0 Å². The molecule has 1 saturated heterocycles. The third-order valence-corrected chi connectivity index (χ3v) is 5.30. The van der Waals surface area contributed by atoms with Crippen LogP contribution in [0.5, 0.6) is 0 Å². The van der Waals surface area contributed by atoms with Gasteiger partial charge in [0.25, 0.3) is 5.91 Å². The summed E-state index contributed by atoms with van der Waals surface area (Å²) in [6.45, 7) is 8.28. The summed E-state index contributed by atoms with van der Waals surface area (Å²) in [6.07, 6.45) is 7.81. The molecule has 1 aromatic carbocycles. The predicted octanol–water partition coefficient (Wildman–Crippen LogP) is 3.48. The highest BCUT2D eigenvalue weighted by molar-refractivity contribution is 5.96. The summed E-state index contributed by atoms with van der Waals surface area (Å²) in [5.41, 5.74) is 2.68. The molecule has 2 aromatic heterocycles. The average Bonchev–Trinajstić information content (AvgIpc) is 3.18. The Kier molecular flexibility index (Phi) is 5.71. The summed E-state index contributed by atoms with van der Waals surface area (Å²) in [7, 11) is 0. The van der Waals surface area contributed by atoms with Crippen molar-refractivity contribution < 1.29 is 4.79 Å². The van der Waals surface area contributed by atoms with Crippen molar-refractivity contribution in [1.29, 1.82) is 0 Å². The minimum absolute atomic E-state index is 0.0520. The quantitative estimate of drug-likeness (QED) is 0.670. The fourth-order valence-electron chi connectivity index (χ4n) is 3.65. The van der Waals surface area contributed by atoms with Gasteiger partial charge in [-0.05, 0) is 25.5 Å². The molecule has 0 radical (unpaired) electrons. The third-order valence-electron chi connectivity index (χ3n) is 5.30. The smallest absolute Gasteiger partial charge is 0.255 e. The first-order valence-electron chi connectivity index (χ1n) is 10.2. The number of carbonyl (C=O) groups excluding carboxylic acids is 1. The van der Waals surface area contributed by atoms with E-state index in [0.29, 0.717) is 5.56 Å². The van der Waals surface area contributed by atoms with Crippen LogP contribution in [0.2, 0.25) is 0 Å². The highest BCUT2D eigenvalue weighted by Gasteiger charge is 2.22. The summed E-state index contributed by atoms with van der Waals surface area (Å²) in [4.78, 5) is 21.7. The summed E-state index contributed by atoms with van der Waals surface area (Å²) in [6, 6.07) is 12.5. The fourth-order valence-corrected chi connectivity index (χ4v) is 3.65. The molecule has 3 heterocycles. The highest BCUT2D eigenvalue weighted by Crippen LogP contribution is 2.18. The van der Waals surface area contributed by atoms with E-state index in [1.54, 1.807) is 12.4 Å². The monoisotopic (exact) mass is 389 g/mol. The number of hydrogen-bond acceptors (Lipinski definition) is 4. The predicted molar refractivity (Wildman–Crippen MR) is 116 cm³/mol. The molecule has 0 bridgehead atoms. The molecule has 0 N–H and O–H groups in total. The Balaban J connectivity index is 1.34. The normalized spacial score (nSPS) is 15.6. The van der Waals surface area contributed by atoms with Crippen molar-refractivity contribution in [3.63, 3.8) is 0 Å². The molecule has 0 unspecified atom stereocenters. The average molecular weight is 390 g/mol. The third kappa shape index (κ3) is 4.38. The molecule has 0 aliphatic carbocycles. The van der Waals surface area contributed by atoms with Crippen molar-refractivity contribution in [2.45, 2.75) is 19.9 Å². The van der Waals surface area contributed by atoms with E-state index in [1.165, 1.54) is 5.56 Å². The first-order valence-corrected chi connectivity index (χ1v) is 10.2. The van der Waals surface area contributed by atoms with Gasteiger partial charge in [-0.1, -0.05) is 42.5 Å². The Hall–Kier alpha value is -2.99. The maximum Gasteiger partial charge on any atom is 0.255 e. The molecule has 1 fully saturated rings. The van der Waals surface area contributed by atoms with Crippen LogP contribution in [0.25, 0.3) is 17.1 Å². The fraction of sp³-hybridized carbons (Fsp3) is 0.348. The summed E-state index contributed by atoms with van der Waals surface area (Å²) in [5.74, 6) is 0.0520. The zero-order valence-corrected chi connectivity index (χ0v) is 17.0. The van der Waals surface area contributed by atoms with Gasteiger partial charge in [0.05, 0.1) is 11.8 Å². The van der Waals surface area contributed by atoms with Gasteiger partial charge in [-0.25, -0.2) is 9.67 Å². The molecule has 4 rings (SSSR count). The summed E-state index contributed by atoms with van der Waals surface area (Å²) >= 11 is 0. The van der Waals surface area contributed by atoms with Crippen LogP contribution in [0, 0.1) is 0 Å². The lowest BCUT2D eigenvalue weighted by Crippen LogP contribution is -2.48. The molecule has 1 aliphatic rings. The van der Waals surface area contributed by atoms with Crippen LogP contribution in [0.3, 0.4) is 0 Å². The molecule has 150 valence electrons. The molecule has 0 spiro atoms. The summed E-state index contributed by atoms with van der Waals surface area (Å²) in [5, 5.41) is 5.30. The standard InChI is InChI=1S/C23H27N5O/c1-18(2)28-22-20(17-25-28)15-21(16-24-22)23(29)27-13-11-26(12-14-27)10-6-9-19-7-4-3-5-8-19/h3-9,15-18H,10-14H2,1-2H3/b9-6+. The lowest BCUT2D eigenvalue weighted by atomic mass is 10.2. The number of nitrogens with zero attached hydrogens (tertiary/aromatic N) is 5. The maximum atomic E-state index is 12.9. The number of amides is 1. The van der Waals surface area contributed by atoms with E-state index in [0.717, 1.165) is 43.8 Å². The minimum atomic E-state index is 0.0520. The van der Waals surface area contributed by atoms with Gasteiger partial charge in [0, 0.05) is 50.3 Å². The zero-order chi connectivity index (χ0) is 20.2. The summed E-state index contributed by atoms with van der Waals surface area (Å²) < 4.78 is 1.88. The van der Waals surface area contributed by atoms with Crippen LogP contribution in [0.1, 0.15) is 35.8 Å². The molecule has 29 heavy (non-hydrogen) atoms. The lowest BCUT2D eigenvalue weighted by Gasteiger charge is -2.34. The van der Waals surface area contributed by atoms with Crippen molar-refractivity contribution in [1.82, 2.24) is 24.6 Å². The van der Waals surface area contributed by atoms with E-state index in [4.69, 9.17) is 0 Å². The molecule has 6 nitrogen and oxygen atoms in total. The van der Waals surface area contributed by atoms with Gasteiger partial charge in [-0.15, -0.1) is 0 Å². The molecule has 0 atom stereocenters. The van der Waals surface area contributed by atoms with Gasteiger partial charge >= 0.3 is 0 Å². The second kappa shape index (κ2) is 8.57. The van der Waals surface area contributed by atoms with Crippen LogP contribution < -0.4 is 0 Å². The number of benzene rings is 1. The van der Waals surface area contributed by atoms with Crippen LogP contribution in [-0.2, 0) is 0 Å². The van der Waals surface area contributed by atoms with Gasteiger partial charge in [0.15, 0.2) is 5.65 Å². The lowest BCUT2D eigenvalue weighted by molar-refractivity contribution is 0.0650. The maximum absolute atomic E-state index is 12.9. The van der Waals surface area contributed by atoms with Crippen LogP contribution in [0.15, 0.2) is 54.9 Å². The van der Waals surface area contributed by atoms with E-state index in [2.05, 4.69) is 53.1 Å². The van der Waals surface area contributed by atoms with Gasteiger partial charge in [-0.3, -0.25) is 9.69 Å². The second-order valence-corrected chi connectivity index (χ2v) is 7.73. The van der Waals surface area contributed by atoms with E-state index >= 15 is 0 Å². The number of hydrogen-bond donors (Lipinski definition) is 0. The molecule has 3 aromatic rings. The van der Waals surface area contributed by atoms with Crippen molar-refractivity contribution in [3.8, 4) is 0 Å². The largest absolute Gasteiger partial charge is 0.336 e. The van der Waals surface area contributed by atoms with E-state index < -0.39 is 0 Å². The number of pyridine rings is 1. The van der Waals surface area contributed by atoms with E-state index in [1.807, 2.05) is 33.8 Å². The first kappa shape index (κ1) is 19.3. The topological polar surface area (TPSA) is 54.3 Å². The van der Waals surface area contributed by atoms with Gasteiger partial charge in [0.1, 0.15) is 0 Å². The van der Waals surface area contributed by atoms with Gasteiger partial charge in [-0.2, -0.15) is 5.10 Å². The molecular formula is C23H27N5O. The number of piperazine rings is 1. The molecule has 1 amide bonds. The zero-order valence-electron chi connectivity index (χ0n) is 17.0.